The summed E-state index contributed by atoms with van der Waals surface area (Å²) in [4.78, 5) is 39.2. The van der Waals surface area contributed by atoms with E-state index in [0.717, 1.165) is 6.92 Å². The monoisotopic (exact) mass is 274 g/mol. The lowest BCUT2D eigenvalue weighted by Gasteiger charge is -2.11. The maximum Gasteiger partial charge on any atom is 0.324 e. The Morgan fingerprint density at radius 2 is 2.05 bits per heavy atom. The largest absolute Gasteiger partial charge is 0.465 e. The molecule has 0 N–H and O–H groups in total. The van der Waals surface area contributed by atoms with Crippen LogP contribution >= 0.6 is 0 Å². The van der Waals surface area contributed by atoms with E-state index in [9.17, 15) is 14.4 Å². The number of ether oxygens (including phenoxy) is 1. The van der Waals surface area contributed by atoms with E-state index in [1.54, 1.807) is 19.9 Å². The van der Waals surface area contributed by atoms with E-state index in [1.807, 2.05) is 6.07 Å². The number of Topliss-reactive ketones (excluding diaryl/α,β-unsaturated/α-hetero) is 2. The maximum atomic E-state index is 12.2. The molecule has 0 fully saturated rings. The molecule has 0 bridgehead atoms. The lowest BCUT2D eigenvalue weighted by molar-refractivity contribution is -0.148. The predicted octanol–water partition coefficient (Wildman–Crippen LogP) is 1.21. The number of nitriles is 1. The van der Waals surface area contributed by atoms with E-state index in [4.69, 9.17) is 10.00 Å². The highest BCUT2D eigenvalue weighted by Crippen LogP contribution is 2.13. The van der Waals surface area contributed by atoms with Gasteiger partial charge >= 0.3 is 5.97 Å². The molecule has 104 valence electrons. The van der Waals surface area contributed by atoms with Crippen LogP contribution in [-0.4, -0.2) is 29.1 Å². The van der Waals surface area contributed by atoms with Crippen molar-refractivity contribution >= 4 is 17.5 Å². The van der Waals surface area contributed by atoms with Crippen molar-refractivity contribution in [3.8, 4) is 6.07 Å². The zero-order chi connectivity index (χ0) is 15.3. The van der Waals surface area contributed by atoms with Gasteiger partial charge in [-0.3, -0.25) is 14.4 Å². The van der Waals surface area contributed by atoms with Gasteiger partial charge in [-0.25, -0.2) is 4.98 Å². The Morgan fingerprint density at radius 1 is 1.40 bits per heavy atom. The van der Waals surface area contributed by atoms with Crippen molar-refractivity contribution in [3.63, 3.8) is 0 Å². The highest BCUT2D eigenvalue weighted by molar-refractivity contribution is 6.21. The molecule has 20 heavy (non-hydrogen) atoms. The molecule has 0 aliphatic heterocycles. The first kappa shape index (κ1) is 15.5. The molecule has 0 spiro atoms. The molecule has 0 saturated carbocycles. The average Bonchev–Trinajstić information content (AvgIpc) is 2.39. The third-order valence-corrected chi connectivity index (χ3v) is 2.65. The molecule has 0 aromatic carbocycles. The maximum absolute atomic E-state index is 12.2. The fourth-order valence-electron chi connectivity index (χ4n) is 1.61. The molecular formula is C14H14N2O4. The number of carbonyl (C=O) groups is 3. The van der Waals surface area contributed by atoms with Crippen molar-refractivity contribution in [2.45, 2.75) is 20.8 Å². The summed E-state index contributed by atoms with van der Waals surface area (Å²) in [6, 6.07) is 4.77. The molecular weight excluding hydrogens is 260 g/mol. The summed E-state index contributed by atoms with van der Waals surface area (Å²) < 4.78 is 4.71. The number of ketones is 2. The number of rotatable bonds is 5. The van der Waals surface area contributed by atoms with Crippen LogP contribution in [0.2, 0.25) is 0 Å². The first-order chi connectivity index (χ1) is 9.42. The fraction of sp³-hybridized carbons (Fsp3) is 0.357. The first-order valence-corrected chi connectivity index (χ1v) is 6.01. The van der Waals surface area contributed by atoms with Crippen LogP contribution in [0.3, 0.4) is 0 Å². The minimum absolute atomic E-state index is 0.0701. The number of aromatic nitrogens is 1. The van der Waals surface area contributed by atoms with Crippen LogP contribution in [0.15, 0.2) is 12.1 Å². The lowest BCUT2D eigenvalue weighted by atomic mass is 9.97. The normalized spacial score (nSPS) is 11.3. The Bertz CT molecular complexity index is 602. The summed E-state index contributed by atoms with van der Waals surface area (Å²) >= 11 is 0. The van der Waals surface area contributed by atoms with Crippen LogP contribution < -0.4 is 0 Å². The number of pyridine rings is 1. The summed E-state index contributed by atoms with van der Waals surface area (Å²) in [7, 11) is 0. The van der Waals surface area contributed by atoms with Gasteiger partial charge in [0.25, 0.3) is 0 Å². The van der Waals surface area contributed by atoms with Gasteiger partial charge in [-0.15, -0.1) is 0 Å². The molecule has 0 saturated heterocycles. The van der Waals surface area contributed by atoms with Crippen LogP contribution in [-0.2, 0) is 14.3 Å². The molecule has 0 radical (unpaired) electrons. The van der Waals surface area contributed by atoms with Crippen LogP contribution in [0.5, 0.6) is 0 Å². The van der Waals surface area contributed by atoms with Gasteiger partial charge in [0.2, 0.25) is 5.78 Å². The average molecular weight is 274 g/mol. The van der Waals surface area contributed by atoms with Gasteiger partial charge in [0.05, 0.1) is 6.61 Å². The quantitative estimate of drug-likeness (QED) is 0.455. The van der Waals surface area contributed by atoms with Gasteiger partial charge in [-0.2, -0.15) is 5.26 Å². The van der Waals surface area contributed by atoms with Crippen molar-refractivity contribution in [2.75, 3.05) is 6.61 Å². The Hall–Kier alpha value is -2.55. The molecule has 0 aliphatic rings. The molecule has 1 unspecified atom stereocenters. The van der Waals surface area contributed by atoms with Crippen molar-refractivity contribution < 1.29 is 19.1 Å². The van der Waals surface area contributed by atoms with E-state index >= 15 is 0 Å². The second kappa shape index (κ2) is 6.57. The van der Waals surface area contributed by atoms with Crippen molar-refractivity contribution in [1.29, 1.82) is 5.26 Å². The zero-order valence-electron chi connectivity index (χ0n) is 11.5. The Morgan fingerprint density at radius 3 is 2.55 bits per heavy atom. The fourth-order valence-corrected chi connectivity index (χ4v) is 1.61. The van der Waals surface area contributed by atoms with Gasteiger partial charge in [-0.1, -0.05) is 6.07 Å². The number of nitrogens with zero attached hydrogens (tertiary/aromatic N) is 2. The van der Waals surface area contributed by atoms with Gasteiger partial charge in [0.15, 0.2) is 11.7 Å². The van der Waals surface area contributed by atoms with E-state index in [2.05, 4.69) is 4.98 Å². The van der Waals surface area contributed by atoms with Gasteiger partial charge in [0, 0.05) is 0 Å². The van der Waals surface area contributed by atoms with Crippen LogP contribution in [0.25, 0.3) is 0 Å². The first-order valence-electron chi connectivity index (χ1n) is 6.01. The zero-order valence-corrected chi connectivity index (χ0v) is 11.5. The molecule has 1 atom stereocenters. The smallest absolute Gasteiger partial charge is 0.324 e. The van der Waals surface area contributed by atoms with Crippen molar-refractivity contribution in [1.82, 2.24) is 4.98 Å². The molecule has 0 amide bonds. The highest BCUT2D eigenvalue weighted by Gasteiger charge is 2.34. The molecule has 6 nitrogen and oxygen atoms in total. The third kappa shape index (κ3) is 3.26. The molecule has 6 heteroatoms. The number of hydrogen-bond acceptors (Lipinski definition) is 6. The third-order valence-electron chi connectivity index (χ3n) is 2.65. The molecule has 0 aliphatic carbocycles. The summed E-state index contributed by atoms with van der Waals surface area (Å²) in [5.41, 5.74) is 0.599. The number of carbonyl (C=O) groups excluding carboxylic acids is 3. The minimum Gasteiger partial charge on any atom is -0.465 e. The molecule has 1 rings (SSSR count). The SMILES string of the molecule is CCOC(=O)C(C(C)=O)C(=O)c1ccc(C)c(C#N)n1. The predicted molar refractivity (Wildman–Crippen MR) is 68.8 cm³/mol. The van der Waals surface area contributed by atoms with E-state index in [1.165, 1.54) is 6.07 Å². The minimum atomic E-state index is -1.53. The highest BCUT2D eigenvalue weighted by atomic mass is 16.5. The Kier molecular flexibility index (Phi) is 5.09. The van der Waals surface area contributed by atoms with E-state index in [0.29, 0.717) is 5.56 Å². The van der Waals surface area contributed by atoms with Gasteiger partial charge < -0.3 is 4.74 Å². The number of aryl methyl sites for hydroxylation is 1. The Balaban J connectivity index is 3.17. The molecule has 1 aromatic rings. The number of hydrogen-bond donors (Lipinski definition) is 0. The van der Waals surface area contributed by atoms with Gasteiger partial charge in [-0.05, 0) is 32.4 Å². The lowest BCUT2D eigenvalue weighted by Crippen LogP contribution is -2.32. The standard InChI is InChI=1S/C14H14N2O4/c1-4-20-14(19)12(9(3)17)13(18)10-6-5-8(2)11(7-15)16-10/h5-6,12H,4H2,1-3H3. The van der Waals surface area contributed by atoms with Crippen molar-refractivity contribution in [3.05, 3.63) is 29.1 Å². The van der Waals surface area contributed by atoms with Crippen LogP contribution in [0.4, 0.5) is 0 Å². The summed E-state index contributed by atoms with van der Waals surface area (Å²) in [6.07, 6.45) is 0. The summed E-state index contributed by atoms with van der Waals surface area (Å²) in [5.74, 6) is -3.80. The van der Waals surface area contributed by atoms with Crippen LogP contribution in [0.1, 0.15) is 35.6 Å². The van der Waals surface area contributed by atoms with Gasteiger partial charge in [0.1, 0.15) is 17.5 Å². The second-order valence-corrected chi connectivity index (χ2v) is 4.13. The molecule has 1 heterocycles. The summed E-state index contributed by atoms with van der Waals surface area (Å²) in [6.45, 7) is 4.46. The second-order valence-electron chi connectivity index (χ2n) is 4.13. The van der Waals surface area contributed by atoms with Crippen LogP contribution in [0, 0.1) is 24.2 Å². The summed E-state index contributed by atoms with van der Waals surface area (Å²) in [5, 5.41) is 8.88. The van der Waals surface area contributed by atoms with Crippen molar-refractivity contribution in [2.24, 2.45) is 5.92 Å². The van der Waals surface area contributed by atoms with E-state index < -0.39 is 23.5 Å². The molecule has 1 aromatic heterocycles. The Labute approximate surface area is 116 Å². The number of esters is 1. The topological polar surface area (TPSA) is 97.1 Å². The van der Waals surface area contributed by atoms with E-state index in [-0.39, 0.29) is 18.0 Å².